The lowest BCUT2D eigenvalue weighted by molar-refractivity contribution is -0.115. The molecular weight excluding hydrogens is 411 g/mol. The highest BCUT2D eigenvalue weighted by molar-refractivity contribution is 5.94. The maximum Gasteiger partial charge on any atom is 0.253 e. The molecule has 1 aromatic heterocycles. The molecule has 0 radical (unpaired) electrons. The Balaban J connectivity index is 1.48. The summed E-state index contributed by atoms with van der Waals surface area (Å²) < 4.78 is 19.4. The van der Waals surface area contributed by atoms with Crippen molar-refractivity contribution in [3.8, 4) is 11.4 Å². The zero-order valence-electron chi connectivity index (χ0n) is 18.1. The summed E-state index contributed by atoms with van der Waals surface area (Å²) in [4.78, 5) is 30.8. The van der Waals surface area contributed by atoms with Crippen LogP contribution in [0.1, 0.15) is 53.9 Å². The third-order valence-electron chi connectivity index (χ3n) is 5.64. The first-order valence-corrected chi connectivity index (χ1v) is 10.7. The Labute approximate surface area is 185 Å². The molecule has 4 rings (SSSR count). The van der Waals surface area contributed by atoms with Gasteiger partial charge in [-0.15, -0.1) is 0 Å². The fraction of sp³-hybridized carbons (Fsp3) is 0.333. The zero-order chi connectivity index (χ0) is 22.7. The number of hydrogen-bond acceptors (Lipinski definition) is 5. The van der Waals surface area contributed by atoms with E-state index in [1.807, 2.05) is 12.1 Å². The Morgan fingerprint density at radius 1 is 1.25 bits per heavy atom. The summed E-state index contributed by atoms with van der Waals surface area (Å²) in [6.07, 6.45) is 2.00. The van der Waals surface area contributed by atoms with E-state index >= 15 is 0 Å². The highest BCUT2D eigenvalue weighted by atomic mass is 19.1. The van der Waals surface area contributed by atoms with Gasteiger partial charge in [-0.05, 0) is 49.6 Å². The van der Waals surface area contributed by atoms with Crippen molar-refractivity contribution < 1.29 is 18.5 Å². The van der Waals surface area contributed by atoms with E-state index in [-0.39, 0.29) is 23.5 Å². The van der Waals surface area contributed by atoms with Crippen LogP contribution in [0.15, 0.2) is 47.0 Å². The lowest BCUT2D eigenvalue weighted by atomic mass is 9.97. The van der Waals surface area contributed by atoms with Gasteiger partial charge in [0.15, 0.2) is 0 Å². The molecule has 0 bridgehead atoms. The van der Waals surface area contributed by atoms with Crippen molar-refractivity contribution in [1.29, 1.82) is 0 Å². The number of likely N-dealkylation sites (tertiary alicyclic amines) is 1. The van der Waals surface area contributed by atoms with E-state index in [1.165, 1.54) is 6.07 Å². The molecule has 0 unspecified atom stereocenters. The molecule has 2 aromatic carbocycles. The predicted molar refractivity (Wildman–Crippen MR) is 118 cm³/mol. The molecule has 0 spiro atoms. The van der Waals surface area contributed by atoms with Gasteiger partial charge in [0, 0.05) is 36.3 Å². The average molecular weight is 436 g/mol. The first kappa shape index (κ1) is 21.7. The Morgan fingerprint density at radius 2 is 2.09 bits per heavy atom. The number of carbonyl (C=O) groups is 2. The number of hydrogen-bond donors (Lipinski definition) is 1. The number of rotatable bonds is 5. The van der Waals surface area contributed by atoms with Gasteiger partial charge in [-0.25, -0.2) is 4.39 Å². The standard InChI is InChI=1S/C24H25FN4O3/c1-3-21(30)26-19-8-4-6-16(12-19)22-27-23(32-28-22)18-7-5-11-29(14-18)24(31)17-10-9-15(2)20(25)13-17/h4,6,8-10,12-13,18H,3,5,7,11,14H2,1-2H3,(H,26,30)/t18-/m0/s1. The van der Waals surface area contributed by atoms with Crippen LogP contribution < -0.4 is 5.32 Å². The van der Waals surface area contributed by atoms with E-state index in [9.17, 15) is 14.0 Å². The molecule has 0 aliphatic carbocycles. The molecule has 2 amide bonds. The third kappa shape index (κ3) is 4.69. The van der Waals surface area contributed by atoms with E-state index in [2.05, 4.69) is 15.5 Å². The Bertz CT molecular complexity index is 1140. The largest absolute Gasteiger partial charge is 0.339 e. The Hall–Kier alpha value is -3.55. The van der Waals surface area contributed by atoms with E-state index in [0.29, 0.717) is 48.0 Å². The molecule has 2 heterocycles. The van der Waals surface area contributed by atoms with E-state index in [1.54, 1.807) is 43.0 Å². The number of aromatic nitrogens is 2. The van der Waals surface area contributed by atoms with Gasteiger partial charge in [-0.2, -0.15) is 4.98 Å². The molecule has 0 saturated carbocycles. The second-order valence-corrected chi connectivity index (χ2v) is 7.99. The van der Waals surface area contributed by atoms with Gasteiger partial charge in [0.05, 0.1) is 5.92 Å². The molecule has 8 heteroatoms. The minimum Gasteiger partial charge on any atom is -0.339 e. The predicted octanol–water partition coefficient (Wildman–Crippen LogP) is 4.55. The van der Waals surface area contributed by atoms with Crippen LogP contribution >= 0.6 is 0 Å². The van der Waals surface area contributed by atoms with E-state index in [0.717, 1.165) is 18.4 Å². The normalized spacial score (nSPS) is 16.1. The van der Waals surface area contributed by atoms with Crippen LogP contribution in [0.25, 0.3) is 11.4 Å². The summed E-state index contributed by atoms with van der Waals surface area (Å²) in [5.74, 6) is 0.145. The molecule has 7 nitrogen and oxygen atoms in total. The number of aryl methyl sites for hydroxylation is 1. The van der Waals surface area contributed by atoms with Crippen LogP contribution in [0.3, 0.4) is 0 Å². The van der Waals surface area contributed by atoms with Crippen molar-refractivity contribution in [2.24, 2.45) is 0 Å². The summed E-state index contributed by atoms with van der Waals surface area (Å²) in [5.41, 5.74) is 2.24. The second kappa shape index (κ2) is 9.30. The second-order valence-electron chi connectivity index (χ2n) is 7.99. The van der Waals surface area contributed by atoms with Crippen LogP contribution in [0.2, 0.25) is 0 Å². The number of nitrogens with one attached hydrogen (secondary N) is 1. The van der Waals surface area contributed by atoms with Crippen molar-refractivity contribution in [1.82, 2.24) is 15.0 Å². The molecule has 32 heavy (non-hydrogen) atoms. The van der Waals surface area contributed by atoms with Gasteiger partial charge in [-0.1, -0.05) is 30.3 Å². The minimum atomic E-state index is -0.386. The van der Waals surface area contributed by atoms with Crippen molar-refractivity contribution in [3.63, 3.8) is 0 Å². The summed E-state index contributed by atoms with van der Waals surface area (Å²) in [6.45, 7) is 4.49. The minimum absolute atomic E-state index is 0.0728. The maximum atomic E-state index is 13.9. The van der Waals surface area contributed by atoms with Gasteiger partial charge in [0.2, 0.25) is 17.6 Å². The smallest absolute Gasteiger partial charge is 0.253 e. The fourth-order valence-corrected chi connectivity index (χ4v) is 3.78. The van der Waals surface area contributed by atoms with Crippen molar-refractivity contribution >= 4 is 17.5 Å². The summed E-state index contributed by atoms with van der Waals surface area (Å²) in [5, 5.41) is 6.92. The summed E-state index contributed by atoms with van der Waals surface area (Å²) in [7, 11) is 0. The third-order valence-corrected chi connectivity index (χ3v) is 5.64. The zero-order valence-corrected chi connectivity index (χ0v) is 18.1. The van der Waals surface area contributed by atoms with Gasteiger partial charge in [-0.3, -0.25) is 9.59 Å². The SMILES string of the molecule is CCC(=O)Nc1cccc(-c2noc([C@H]3CCCN(C(=O)c4ccc(C)c(F)c4)C3)n2)c1. The lowest BCUT2D eigenvalue weighted by Crippen LogP contribution is -2.39. The van der Waals surface area contributed by atoms with Crippen molar-refractivity contribution in [2.45, 2.75) is 39.0 Å². The number of piperidine rings is 1. The average Bonchev–Trinajstić information content (AvgIpc) is 3.31. The fourth-order valence-electron chi connectivity index (χ4n) is 3.78. The quantitative estimate of drug-likeness (QED) is 0.634. The van der Waals surface area contributed by atoms with E-state index < -0.39 is 0 Å². The monoisotopic (exact) mass is 436 g/mol. The van der Waals surface area contributed by atoms with Crippen molar-refractivity contribution in [2.75, 3.05) is 18.4 Å². The van der Waals surface area contributed by atoms with Gasteiger partial charge < -0.3 is 14.7 Å². The molecule has 1 fully saturated rings. The lowest BCUT2D eigenvalue weighted by Gasteiger charge is -2.31. The molecule has 1 aliphatic rings. The molecule has 1 atom stereocenters. The summed E-state index contributed by atoms with van der Waals surface area (Å²) in [6, 6.07) is 11.8. The van der Waals surface area contributed by atoms with Gasteiger partial charge in [0.25, 0.3) is 5.91 Å². The highest BCUT2D eigenvalue weighted by Gasteiger charge is 2.29. The first-order valence-electron chi connectivity index (χ1n) is 10.7. The molecule has 1 saturated heterocycles. The number of anilines is 1. The number of carbonyl (C=O) groups excluding carboxylic acids is 2. The number of halogens is 1. The molecule has 3 aromatic rings. The van der Waals surface area contributed by atoms with Crippen LogP contribution in [0, 0.1) is 12.7 Å². The summed E-state index contributed by atoms with van der Waals surface area (Å²) >= 11 is 0. The maximum absolute atomic E-state index is 13.9. The topological polar surface area (TPSA) is 88.3 Å². The van der Waals surface area contributed by atoms with Crippen molar-refractivity contribution in [3.05, 3.63) is 65.3 Å². The molecule has 166 valence electrons. The molecule has 1 aliphatic heterocycles. The number of amides is 2. The van der Waals surface area contributed by atoms with Gasteiger partial charge >= 0.3 is 0 Å². The number of benzene rings is 2. The van der Waals surface area contributed by atoms with Gasteiger partial charge in [0.1, 0.15) is 5.82 Å². The van der Waals surface area contributed by atoms with Crippen LogP contribution in [-0.4, -0.2) is 39.9 Å². The highest BCUT2D eigenvalue weighted by Crippen LogP contribution is 2.29. The first-order chi connectivity index (χ1) is 15.4. The van der Waals surface area contributed by atoms with Crippen LogP contribution in [0.5, 0.6) is 0 Å². The Morgan fingerprint density at radius 3 is 2.88 bits per heavy atom. The molecular formula is C24H25FN4O3. The number of nitrogens with zero attached hydrogens (tertiary/aromatic N) is 3. The van der Waals surface area contributed by atoms with E-state index in [4.69, 9.17) is 4.52 Å². The Kier molecular flexibility index (Phi) is 6.30. The van der Waals surface area contributed by atoms with Crippen LogP contribution in [0.4, 0.5) is 10.1 Å². The van der Waals surface area contributed by atoms with Crippen LogP contribution in [-0.2, 0) is 4.79 Å². The molecule has 1 N–H and O–H groups in total.